The van der Waals surface area contributed by atoms with Crippen molar-refractivity contribution in [3.8, 4) is 11.5 Å². The lowest BCUT2D eigenvalue weighted by molar-refractivity contribution is -0.123. The minimum atomic E-state index is -1.10. The number of rotatable bonds is 10. The molecule has 0 saturated heterocycles. The molecule has 3 amide bonds. The maximum absolute atomic E-state index is 14.3. The Balaban J connectivity index is 1.88. The minimum Gasteiger partial charge on any atom is -0.493 e. The van der Waals surface area contributed by atoms with E-state index in [9.17, 15) is 14.4 Å². The van der Waals surface area contributed by atoms with Gasteiger partial charge in [0.15, 0.2) is 17.2 Å². The van der Waals surface area contributed by atoms with E-state index in [2.05, 4.69) is 9.69 Å². The summed E-state index contributed by atoms with van der Waals surface area (Å²) in [5.74, 6) is -0.855. The molecule has 4 rings (SSSR count). The lowest BCUT2D eigenvalue weighted by atomic mass is 9.94. The Morgan fingerprint density at radius 3 is 2.30 bits per heavy atom. The van der Waals surface area contributed by atoms with E-state index in [1.54, 1.807) is 30.3 Å². The molecular weight excluding hydrogens is 530 g/mol. The molecular formula is C29H35N5O5S. The molecule has 1 aliphatic rings. The molecule has 1 aromatic heterocycles. The third-order valence-electron chi connectivity index (χ3n) is 7.18. The van der Waals surface area contributed by atoms with Crippen molar-refractivity contribution in [3.63, 3.8) is 0 Å². The molecule has 0 unspecified atom stereocenters. The van der Waals surface area contributed by atoms with Gasteiger partial charge in [0.1, 0.15) is 10.9 Å². The van der Waals surface area contributed by atoms with Crippen LogP contribution in [-0.4, -0.2) is 42.4 Å². The summed E-state index contributed by atoms with van der Waals surface area (Å²) in [4.78, 5) is 41.7. The molecule has 212 valence electrons. The maximum Gasteiger partial charge on any atom is 0.273 e. The number of benzene rings is 2. The van der Waals surface area contributed by atoms with E-state index in [0.717, 1.165) is 55.6 Å². The quantitative estimate of drug-likeness (QED) is 0.333. The number of nitrogens with two attached hydrogens (primary N) is 2. The molecule has 10 nitrogen and oxygen atoms in total. The van der Waals surface area contributed by atoms with Crippen LogP contribution in [0.4, 0.5) is 11.4 Å². The fourth-order valence-corrected chi connectivity index (χ4v) is 5.72. The zero-order chi connectivity index (χ0) is 28.8. The number of primary amides is 1. The van der Waals surface area contributed by atoms with Crippen molar-refractivity contribution in [2.24, 2.45) is 5.73 Å². The third-order valence-corrected chi connectivity index (χ3v) is 8.03. The van der Waals surface area contributed by atoms with Crippen LogP contribution in [0.5, 0.6) is 11.5 Å². The number of aromatic nitrogens is 1. The van der Waals surface area contributed by atoms with Crippen LogP contribution in [0.25, 0.3) is 0 Å². The number of methoxy groups -OCH3 is 2. The summed E-state index contributed by atoms with van der Waals surface area (Å²) in [5, 5.41) is 3.18. The molecule has 1 atom stereocenters. The molecule has 0 spiro atoms. The zero-order valence-electron chi connectivity index (χ0n) is 22.9. The highest BCUT2D eigenvalue weighted by Gasteiger charge is 2.37. The third kappa shape index (κ3) is 6.04. The smallest absolute Gasteiger partial charge is 0.273 e. The van der Waals surface area contributed by atoms with Crippen LogP contribution >= 0.6 is 11.5 Å². The van der Waals surface area contributed by atoms with Crippen LogP contribution in [0.1, 0.15) is 76.4 Å². The molecule has 1 saturated carbocycles. The lowest BCUT2D eigenvalue weighted by Crippen LogP contribution is -2.47. The van der Waals surface area contributed by atoms with Gasteiger partial charge in [-0.25, -0.2) is 0 Å². The molecule has 3 aromatic rings. The van der Waals surface area contributed by atoms with Gasteiger partial charge in [-0.05, 0) is 66.2 Å². The van der Waals surface area contributed by atoms with Gasteiger partial charge in [-0.15, -0.1) is 0 Å². The number of nitrogen functional groups attached to an aromatic ring is 1. The molecule has 2 aromatic carbocycles. The van der Waals surface area contributed by atoms with Crippen molar-refractivity contribution in [2.45, 2.75) is 57.5 Å². The number of carbonyl (C=O) groups excluding carboxylic acids is 3. The van der Waals surface area contributed by atoms with Crippen molar-refractivity contribution in [2.75, 3.05) is 24.9 Å². The second kappa shape index (κ2) is 12.8. The van der Waals surface area contributed by atoms with Gasteiger partial charge >= 0.3 is 0 Å². The summed E-state index contributed by atoms with van der Waals surface area (Å²) in [6, 6.07) is 11.4. The van der Waals surface area contributed by atoms with Crippen LogP contribution < -0.4 is 31.2 Å². The summed E-state index contributed by atoms with van der Waals surface area (Å²) < 4.78 is 15.0. The van der Waals surface area contributed by atoms with Gasteiger partial charge in [0.25, 0.3) is 11.8 Å². The summed E-state index contributed by atoms with van der Waals surface area (Å²) in [7, 11) is 3.04. The highest BCUT2D eigenvalue weighted by molar-refractivity contribution is 7.09. The van der Waals surface area contributed by atoms with Gasteiger partial charge in [-0.2, -0.15) is 4.37 Å². The topological polar surface area (TPSA) is 150 Å². The monoisotopic (exact) mass is 565 g/mol. The molecule has 0 aliphatic heterocycles. The molecule has 11 heteroatoms. The number of carbonyl (C=O) groups is 3. The fraction of sp³-hybridized carbons (Fsp3) is 0.379. The van der Waals surface area contributed by atoms with Crippen LogP contribution in [-0.2, 0) is 11.2 Å². The Morgan fingerprint density at radius 1 is 1.05 bits per heavy atom. The van der Waals surface area contributed by atoms with Gasteiger partial charge in [-0.1, -0.05) is 44.4 Å². The number of nitrogens with one attached hydrogen (secondary N) is 1. The molecule has 1 heterocycles. The predicted molar refractivity (Wildman–Crippen MR) is 155 cm³/mol. The number of aryl methyl sites for hydroxylation is 1. The van der Waals surface area contributed by atoms with Crippen molar-refractivity contribution >= 4 is 40.6 Å². The molecule has 40 heavy (non-hydrogen) atoms. The van der Waals surface area contributed by atoms with E-state index in [-0.39, 0.29) is 28.2 Å². The molecule has 0 bridgehead atoms. The van der Waals surface area contributed by atoms with E-state index in [1.807, 2.05) is 19.1 Å². The Morgan fingerprint density at radius 2 is 1.73 bits per heavy atom. The van der Waals surface area contributed by atoms with Crippen LogP contribution in [0.3, 0.4) is 0 Å². The number of hydrogen-bond donors (Lipinski definition) is 3. The largest absolute Gasteiger partial charge is 0.493 e. The number of anilines is 2. The molecule has 0 radical (unpaired) electrons. The van der Waals surface area contributed by atoms with E-state index >= 15 is 0 Å². The SMILES string of the molecule is CCc1ccc(N(C(=O)c2snc(C(N)=O)c2N)[C@H](C(=O)NC2CCCCC2)c2ccc(OC)c(OC)c2)cc1. The first-order valence-electron chi connectivity index (χ1n) is 13.3. The van der Waals surface area contributed by atoms with E-state index < -0.39 is 17.9 Å². The average molecular weight is 566 g/mol. The normalized spacial score (nSPS) is 14.3. The Kier molecular flexibility index (Phi) is 9.26. The summed E-state index contributed by atoms with van der Waals surface area (Å²) in [5.41, 5.74) is 13.4. The highest BCUT2D eigenvalue weighted by Crippen LogP contribution is 2.37. The summed E-state index contributed by atoms with van der Waals surface area (Å²) in [6.45, 7) is 2.03. The van der Waals surface area contributed by atoms with E-state index in [4.69, 9.17) is 20.9 Å². The molecule has 5 N–H and O–H groups in total. The molecule has 1 fully saturated rings. The first-order valence-corrected chi connectivity index (χ1v) is 14.1. The Labute approximate surface area is 237 Å². The summed E-state index contributed by atoms with van der Waals surface area (Å²) >= 11 is 0.774. The van der Waals surface area contributed by atoms with Gasteiger partial charge in [0, 0.05) is 11.7 Å². The fourth-order valence-electron chi connectivity index (χ4n) is 4.98. The predicted octanol–water partition coefficient (Wildman–Crippen LogP) is 4.24. The van der Waals surface area contributed by atoms with Crippen molar-refractivity contribution in [1.29, 1.82) is 0 Å². The minimum absolute atomic E-state index is 0.00162. The molecule has 1 aliphatic carbocycles. The highest BCUT2D eigenvalue weighted by atomic mass is 32.1. The van der Waals surface area contributed by atoms with E-state index in [1.165, 1.54) is 19.1 Å². The summed E-state index contributed by atoms with van der Waals surface area (Å²) in [6.07, 6.45) is 5.73. The van der Waals surface area contributed by atoms with Crippen LogP contribution in [0.15, 0.2) is 42.5 Å². The van der Waals surface area contributed by atoms with Crippen molar-refractivity contribution in [1.82, 2.24) is 9.69 Å². The Bertz CT molecular complexity index is 1370. The lowest BCUT2D eigenvalue weighted by Gasteiger charge is -2.33. The second-order valence-electron chi connectivity index (χ2n) is 9.69. The van der Waals surface area contributed by atoms with E-state index in [0.29, 0.717) is 22.7 Å². The van der Waals surface area contributed by atoms with Gasteiger partial charge in [-0.3, -0.25) is 19.3 Å². The van der Waals surface area contributed by atoms with Gasteiger partial charge < -0.3 is 26.3 Å². The van der Waals surface area contributed by atoms with Crippen molar-refractivity contribution in [3.05, 3.63) is 64.2 Å². The number of amides is 3. The van der Waals surface area contributed by atoms with Gasteiger partial charge in [0.05, 0.1) is 19.9 Å². The average Bonchev–Trinajstić information content (AvgIpc) is 3.37. The zero-order valence-corrected chi connectivity index (χ0v) is 23.8. The number of ether oxygens (including phenoxy) is 2. The standard InChI is InChI=1S/C29H35N5O5S/c1-4-17-10-13-20(14-11-17)34(29(37)26-23(30)24(27(31)35)33-40-26)25(28(36)32-19-8-6-5-7-9-19)18-12-15-21(38-2)22(16-18)39-3/h10-16,19,25H,4-9,30H2,1-3H3,(H2,31,35)(H,32,36)/t25-/m0/s1. The van der Waals surface area contributed by atoms with Gasteiger partial charge in [0.2, 0.25) is 5.91 Å². The first kappa shape index (κ1) is 28.9. The number of hydrogen-bond acceptors (Lipinski definition) is 8. The maximum atomic E-state index is 14.3. The van der Waals surface area contributed by atoms with Crippen molar-refractivity contribution < 1.29 is 23.9 Å². The second-order valence-corrected chi connectivity index (χ2v) is 10.5. The number of nitrogens with zero attached hydrogens (tertiary/aromatic N) is 2. The van der Waals surface area contributed by atoms with Crippen LogP contribution in [0.2, 0.25) is 0 Å². The Hall–Kier alpha value is -4.12. The first-order chi connectivity index (χ1) is 19.3. The van der Waals surface area contributed by atoms with Crippen LogP contribution in [0, 0.1) is 0 Å².